The first-order valence-electron chi connectivity index (χ1n) is 8.60. The molecule has 3 heterocycles. The van der Waals surface area contributed by atoms with E-state index in [9.17, 15) is 4.79 Å². The number of carbonyl (C=O) groups is 1. The fourth-order valence-corrected chi connectivity index (χ4v) is 3.28. The zero-order valence-electron chi connectivity index (χ0n) is 14.2. The molecular weight excluding hydrogens is 318 g/mol. The van der Waals surface area contributed by atoms with Crippen molar-refractivity contribution >= 4 is 16.9 Å². The summed E-state index contributed by atoms with van der Waals surface area (Å²) in [5.74, 6) is 0.528. The van der Waals surface area contributed by atoms with Crippen molar-refractivity contribution in [2.75, 3.05) is 13.1 Å². The van der Waals surface area contributed by atoms with Crippen molar-refractivity contribution in [2.45, 2.75) is 32.4 Å². The van der Waals surface area contributed by atoms with Gasteiger partial charge in [0.25, 0.3) is 5.91 Å². The number of fused-ring (bicyclic) bond motifs is 1. The first kappa shape index (κ1) is 15.8. The van der Waals surface area contributed by atoms with E-state index in [0.29, 0.717) is 18.3 Å². The van der Waals surface area contributed by atoms with Crippen molar-refractivity contribution in [1.29, 1.82) is 0 Å². The number of aryl methyl sites for hydroxylation is 1. The number of carbonyl (C=O) groups excluding carboxylic acids is 1. The summed E-state index contributed by atoms with van der Waals surface area (Å²) in [5, 5.41) is 15.4. The monoisotopic (exact) mass is 339 g/mol. The third-order valence-corrected chi connectivity index (χ3v) is 4.78. The largest absolute Gasteiger partial charge is 0.459 e. The maximum absolute atomic E-state index is 12.4. The summed E-state index contributed by atoms with van der Waals surface area (Å²) in [6.45, 7) is 4.27. The van der Waals surface area contributed by atoms with Gasteiger partial charge in [-0.05, 0) is 38.9 Å². The lowest BCUT2D eigenvalue weighted by Gasteiger charge is -2.22. The predicted molar refractivity (Wildman–Crippen MR) is 93.3 cm³/mol. The van der Waals surface area contributed by atoms with Crippen LogP contribution in [0.25, 0.3) is 11.0 Å². The fraction of sp³-hybridized carbons (Fsp3) is 0.389. The molecule has 1 aliphatic rings. The maximum atomic E-state index is 12.4. The van der Waals surface area contributed by atoms with Crippen molar-refractivity contribution in [3.05, 3.63) is 47.5 Å². The highest BCUT2D eigenvalue weighted by atomic mass is 16.3. The third-order valence-electron chi connectivity index (χ3n) is 4.78. The summed E-state index contributed by atoms with van der Waals surface area (Å²) in [7, 11) is 0. The Labute approximate surface area is 145 Å². The summed E-state index contributed by atoms with van der Waals surface area (Å²) in [6, 6.07) is 8.18. The molecule has 130 valence electrons. The van der Waals surface area contributed by atoms with Crippen molar-refractivity contribution in [1.82, 2.24) is 25.6 Å². The van der Waals surface area contributed by atoms with E-state index in [2.05, 4.69) is 20.9 Å². The van der Waals surface area contributed by atoms with E-state index in [1.54, 1.807) is 6.20 Å². The van der Waals surface area contributed by atoms with Crippen LogP contribution in [-0.4, -0.2) is 34.0 Å². The molecular formula is C18H21N5O2. The highest BCUT2D eigenvalue weighted by molar-refractivity contribution is 5.92. The van der Waals surface area contributed by atoms with Gasteiger partial charge in [0.1, 0.15) is 11.3 Å². The van der Waals surface area contributed by atoms with Gasteiger partial charge in [-0.1, -0.05) is 23.4 Å². The fourth-order valence-electron chi connectivity index (χ4n) is 3.28. The number of nitrogens with zero attached hydrogens (tertiary/aromatic N) is 3. The van der Waals surface area contributed by atoms with E-state index in [4.69, 9.17) is 4.42 Å². The van der Waals surface area contributed by atoms with Crippen LogP contribution < -0.4 is 10.6 Å². The molecule has 0 spiro atoms. The lowest BCUT2D eigenvalue weighted by atomic mass is 10.1. The van der Waals surface area contributed by atoms with Crippen molar-refractivity contribution in [3.63, 3.8) is 0 Å². The second kappa shape index (κ2) is 6.68. The van der Waals surface area contributed by atoms with Gasteiger partial charge in [0.05, 0.1) is 18.8 Å². The van der Waals surface area contributed by atoms with Crippen LogP contribution in [0.5, 0.6) is 0 Å². The number of furan rings is 1. The van der Waals surface area contributed by atoms with E-state index < -0.39 is 0 Å². The molecule has 1 amide bonds. The van der Waals surface area contributed by atoms with E-state index in [-0.39, 0.29) is 5.91 Å². The highest BCUT2D eigenvalue weighted by Gasteiger charge is 2.19. The summed E-state index contributed by atoms with van der Waals surface area (Å²) < 4.78 is 7.63. The molecule has 2 N–H and O–H groups in total. The molecule has 0 aliphatic carbocycles. The standard InChI is InChI=1S/C18H21N5O2/c1-12-14-4-2-3-5-16(14)25-17(12)10-20-18(24)15-11-23(22-21-15)13-6-8-19-9-7-13/h2-5,11,13,19H,6-10H2,1H3,(H,20,24). The van der Waals surface area contributed by atoms with Crippen LogP contribution >= 0.6 is 0 Å². The second-order valence-corrected chi connectivity index (χ2v) is 6.39. The average molecular weight is 339 g/mol. The van der Waals surface area contributed by atoms with Gasteiger partial charge >= 0.3 is 0 Å². The van der Waals surface area contributed by atoms with Gasteiger partial charge in [-0.2, -0.15) is 0 Å². The van der Waals surface area contributed by atoms with Crippen molar-refractivity contribution in [2.24, 2.45) is 0 Å². The number of hydrogen-bond acceptors (Lipinski definition) is 5. The van der Waals surface area contributed by atoms with Gasteiger partial charge in [0, 0.05) is 10.9 Å². The van der Waals surface area contributed by atoms with Crippen LogP contribution in [0.2, 0.25) is 0 Å². The Bertz CT molecular complexity index is 892. The Kier molecular flexibility index (Phi) is 4.23. The number of piperidine rings is 1. The third kappa shape index (κ3) is 3.15. The van der Waals surface area contributed by atoms with Crippen LogP contribution in [0.3, 0.4) is 0 Å². The normalized spacial score (nSPS) is 15.6. The van der Waals surface area contributed by atoms with E-state index in [0.717, 1.165) is 48.2 Å². The van der Waals surface area contributed by atoms with Crippen LogP contribution in [-0.2, 0) is 6.54 Å². The minimum atomic E-state index is -0.236. The minimum absolute atomic E-state index is 0.236. The first-order valence-corrected chi connectivity index (χ1v) is 8.60. The summed E-state index contributed by atoms with van der Waals surface area (Å²) in [4.78, 5) is 12.4. The van der Waals surface area contributed by atoms with Gasteiger partial charge in [-0.15, -0.1) is 5.10 Å². The number of amides is 1. The van der Waals surface area contributed by atoms with Gasteiger partial charge in [0.2, 0.25) is 0 Å². The van der Waals surface area contributed by atoms with E-state index in [1.807, 2.05) is 35.9 Å². The molecule has 4 rings (SSSR count). The Hall–Kier alpha value is -2.67. The topological polar surface area (TPSA) is 85.0 Å². The molecule has 0 bridgehead atoms. The Morgan fingerprint density at radius 3 is 2.96 bits per heavy atom. The number of para-hydroxylation sites is 1. The average Bonchev–Trinajstić information content (AvgIpc) is 3.26. The van der Waals surface area contributed by atoms with Crippen LogP contribution in [0.4, 0.5) is 0 Å². The Balaban J connectivity index is 1.43. The van der Waals surface area contributed by atoms with Gasteiger partial charge in [0.15, 0.2) is 5.69 Å². The summed E-state index contributed by atoms with van der Waals surface area (Å²) in [6.07, 6.45) is 3.74. The number of hydrogen-bond donors (Lipinski definition) is 2. The number of benzene rings is 1. The molecule has 1 aromatic carbocycles. The number of nitrogens with one attached hydrogen (secondary N) is 2. The molecule has 0 radical (unpaired) electrons. The molecule has 2 aromatic heterocycles. The molecule has 0 atom stereocenters. The van der Waals surface area contributed by atoms with Crippen molar-refractivity contribution < 1.29 is 9.21 Å². The molecule has 25 heavy (non-hydrogen) atoms. The van der Waals surface area contributed by atoms with Gasteiger partial charge in [-0.3, -0.25) is 4.79 Å². The highest BCUT2D eigenvalue weighted by Crippen LogP contribution is 2.24. The first-order chi connectivity index (χ1) is 12.2. The van der Waals surface area contributed by atoms with E-state index in [1.165, 1.54) is 0 Å². The zero-order chi connectivity index (χ0) is 17.2. The Morgan fingerprint density at radius 1 is 1.36 bits per heavy atom. The van der Waals surface area contributed by atoms with E-state index >= 15 is 0 Å². The molecule has 1 saturated heterocycles. The molecule has 0 unspecified atom stereocenters. The summed E-state index contributed by atoms with van der Waals surface area (Å²) >= 11 is 0. The lowest BCUT2D eigenvalue weighted by molar-refractivity contribution is 0.0943. The molecule has 0 saturated carbocycles. The number of rotatable bonds is 4. The molecule has 7 heteroatoms. The molecule has 3 aromatic rings. The van der Waals surface area contributed by atoms with Crippen molar-refractivity contribution in [3.8, 4) is 0 Å². The predicted octanol–water partition coefficient (Wildman–Crippen LogP) is 2.19. The quantitative estimate of drug-likeness (QED) is 0.761. The second-order valence-electron chi connectivity index (χ2n) is 6.39. The minimum Gasteiger partial charge on any atom is -0.459 e. The van der Waals surface area contributed by atoms with Crippen LogP contribution in [0, 0.1) is 6.92 Å². The van der Waals surface area contributed by atoms with Gasteiger partial charge < -0.3 is 15.1 Å². The van der Waals surface area contributed by atoms with Crippen LogP contribution in [0.15, 0.2) is 34.9 Å². The number of aromatic nitrogens is 3. The molecule has 1 aliphatic heterocycles. The molecule has 7 nitrogen and oxygen atoms in total. The smallest absolute Gasteiger partial charge is 0.273 e. The SMILES string of the molecule is Cc1c(CNC(=O)c2cn(C3CCNCC3)nn2)oc2ccccc12. The van der Waals surface area contributed by atoms with Crippen LogP contribution in [0.1, 0.15) is 40.7 Å². The molecule has 1 fully saturated rings. The lowest BCUT2D eigenvalue weighted by Crippen LogP contribution is -2.29. The Morgan fingerprint density at radius 2 is 2.16 bits per heavy atom. The summed E-state index contributed by atoms with van der Waals surface area (Å²) in [5.41, 5.74) is 2.22. The maximum Gasteiger partial charge on any atom is 0.273 e. The van der Waals surface area contributed by atoms with Gasteiger partial charge in [-0.25, -0.2) is 4.68 Å². The zero-order valence-corrected chi connectivity index (χ0v) is 14.2.